The number of allylic oxidation sites excluding steroid dienone is 1. The van der Waals surface area contributed by atoms with Gasteiger partial charge in [-0.05, 0) is 25.5 Å². The summed E-state index contributed by atoms with van der Waals surface area (Å²) < 4.78 is 10.4. The molecule has 0 fully saturated rings. The molecule has 0 aliphatic carbocycles. The first-order valence-corrected chi connectivity index (χ1v) is 6.84. The maximum absolute atomic E-state index is 12.3. The van der Waals surface area contributed by atoms with Crippen molar-refractivity contribution in [1.82, 2.24) is 4.98 Å². The molecule has 0 aliphatic rings. The highest BCUT2D eigenvalue weighted by Gasteiger charge is 2.19. The van der Waals surface area contributed by atoms with Gasteiger partial charge in [0, 0.05) is 12.5 Å². The van der Waals surface area contributed by atoms with Gasteiger partial charge in [-0.3, -0.25) is 0 Å². The van der Waals surface area contributed by atoms with Gasteiger partial charge < -0.3 is 9.47 Å². The van der Waals surface area contributed by atoms with Gasteiger partial charge in [0.05, 0.1) is 23.4 Å². The summed E-state index contributed by atoms with van der Waals surface area (Å²) in [6, 6.07) is 7.74. The van der Waals surface area contributed by atoms with E-state index in [2.05, 4.69) is 4.98 Å². The Hall–Kier alpha value is -2.20. The SMILES string of the molecule is C/C=C/COC(=O)c1c(COC)nc2ccccc2c1C. The lowest BCUT2D eigenvalue weighted by Crippen LogP contribution is -2.13. The fourth-order valence-corrected chi connectivity index (χ4v) is 2.24. The van der Waals surface area contributed by atoms with Crippen molar-refractivity contribution in [3.8, 4) is 0 Å². The number of nitrogens with zero attached hydrogens (tertiary/aromatic N) is 1. The quantitative estimate of drug-likeness (QED) is 0.624. The largest absolute Gasteiger partial charge is 0.458 e. The van der Waals surface area contributed by atoms with E-state index < -0.39 is 0 Å². The Balaban J connectivity index is 2.50. The summed E-state index contributed by atoms with van der Waals surface area (Å²) in [5, 5.41) is 0.954. The number of hydrogen-bond donors (Lipinski definition) is 0. The van der Waals surface area contributed by atoms with Gasteiger partial charge >= 0.3 is 5.97 Å². The third-order valence-corrected chi connectivity index (χ3v) is 3.26. The van der Waals surface area contributed by atoms with E-state index >= 15 is 0 Å². The summed E-state index contributed by atoms with van der Waals surface area (Å²) in [7, 11) is 1.58. The Morgan fingerprint density at radius 1 is 1.33 bits per heavy atom. The Kier molecular flexibility index (Phi) is 5.06. The summed E-state index contributed by atoms with van der Waals surface area (Å²) in [6.45, 7) is 4.33. The summed E-state index contributed by atoms with van der Waals surface area (Å²) in [5.74, 6) is -0.365. The number of aryl methyl sites for hydroxylation is 1. The van der Waals surface area contributed by atoms with Crippen LogP contribution in [0.25, 0.3) is 10.9 Å². The smallest absolute Gasteiger partial charge is 0.340 e. The topological polar surface area (TPSA) is 48.4 Å². The van der Waals surface area contributed by atoms with Crippen LogP contribution < -0.4 is 0 Å². The van der Waals surface area contributed by atoms with E-state index in [1.807, 2.05) is 44.2 Å². The number of aromatic nitrogens is 1. The molecule has 4 nitrogen and oxygen atoms in total. The average Bonchev–Trinajstić information content (AvgIpc) is 2.48. The molecular formula is C17H19NO3. The van der Waals surface area contributed by atoms with Gasteiger partial charge in [0.15, 0.2) is 0 Å². The van der Waals surface area contributed by atoms with Crippen molar-refractivity contribution in [3.05, 3.63) is 53.2 Å². The molecule has 110 valence electrons. The number of carbonyl (C=O) groups is 1. The standard InChI is InChI=1S/C17H19NO3/c1-4-5-10-21-17(19)16-12(2)13-8-6-7-9-14(13)18-15(16)11-20-3/h4-9H,10-11H2,1-3H3/b5-4+. The maximum atomic E-state index is 12.3. The molecule has 21 heavy (non-hydrogen) atoms. The molecule has 0 N–H and O–H groups in total. The van der Waals surface area contributed by atoms with Gasteiger partial charge in [-0.2, -0.15) is 0 Å². The van der Waals surface area contributed by atoms with E-state index in [1.54, 1.807) is 13.2 Å². The molecule has 1 aromatic carbocycles. The molecule has 2 rings (SSSR count). The van der Waals surface area contributed by atoms with Crippen molar-refractivity contribution in [1.29, 1.82) is 0 Å². The minimum absolute atomic E-state index is 0.258. The highest BCUT2D eigenvalue weighted by atomic mass is 16.5. The zero-order valence-corrected chi connectivity index (χ0v) is 12.6. The maximum Gasteiger partial charge on any atom is 0.340 e. The Morgan fingerprint density at radius 2 is 2.10 bits per heavy atom. The molecule has 0 aliphatic heterocycles. The van der Waals surface area contributed by atoms with E-state index in [-0.39, 0.29) is 19.2 Å². The molecule has 0 unspecified atom stereocenters. The Labute approximate surface area is 124 Å². The monoisotopic (exact) mass is 285 g/mol. The van der Waals surface area contributed by atoms with Crippen molar-refractivity contribution >= 4 is 16.9 Å². The van der Waals surface area contributed by atoms with E-state index in [0.29, 0.717) is 11.3 Å². The number of rotatable bonds is 5. The van der Waals surface area contributed by atoms with Crippen molar-refractivity contribution < 1.29 is 14.3 Å². The van der Waals surface area contributed by atoms with E-state index in [4.69, 9.17) is 9.47 Å². The van der Waals surface area contributed by atoms with Crippen LogP contribution in [0.1, 0.15) is 28.5 Å². The first-order chi connectivity index (χ1) is 10.2. The molecule has 0 spiro atoms. The lowest BCUT2D eigenvalue weighted by Gasteiger charge is -2.13. The number of para-hydroxylation sites is 1. The first-order valence-electron chi connectivity index (χ1n) is 6.84. The van der Waals surface area contributed by atoms with Gasteiger partial charge in [-0.25, -0.2) is 9.78 Å². The summed E-state index contributed by atoms with van der Waals surface area (Å²) in [6.07, 6.45) is 3.63. The van der Waals surface area contributed by atoms with Crippen LogP contribution in [0.2, 0.25) is 0 Å². The molecule has 2 aromatic rings. The van der Waals surface area contributed by atoms with Crippen LogP contribution in [0.15, 0.2) is 36.4 Å². The van der Waals surface area contributed by atoms with Crippen LogP contribution >= 0.6 is 0 Å². The number of pyridine rings is 1. The van der Waals surface area contributed by atoms with Crippen molar-refractivity contribution in [2.24, 2.45) is 0 Å². The molecule has 0 saturated heterocycles. The van der Waals surface area contributed by atoms with Crippen LogP contribution in [0.3, 0.4) is 0 Å². The lowest BCUT2D eigenvalue weighted by atomic mass is 10.0. The number of ether oxygens (including phenoxy) is 2. The van der Waals surface area contributed by atoms with Gasteiger partial charge in [-0.1, -0.05) is 30.4 Å². The van der Waals surface area contributed by atoms with E-state index in [0.717, 1.165) is 16.5 Å². The van der Waals surface area contributed by atoms with Gasteiger partial charge in [0.1, 0.15) is 6.61 Å². The predicted molar refractivity (Wildman–Crippen MR) is 82.3 cm³/mol. The van der Waals surface area contributed by atoms with Gasteiger partial charge in [0.25, 0.3) is 0 Å². The highest BCUT2D eigenvalue weighted by Crippen LogP contribution is 2.24. The second-order valence-corrected chi connectivity index (χ2v) is 4.68. The normalized spacial score (nSPS) is 11.2. The number of fused-ring (bicyclic) bond motifs is 1. The number of esters is 1. The van der Waals surface area contributed by atoms with Crippen LogP contribution in [-0.2, 0) is 16.1 Å². The van der Waals surface area contributed by atoms with Crippen LogP contribution in [0.5, 0.6) is 0 Å². The third-order valence-electron chi connectivity index (χ3n) is 3.26. The Bertz CT molecular complexity index is 677. The average molecular weight is 285 g/mol. The first kappa shape index (κ1) is 15.2. The molecule has 0 saturated carbocycles. The Morgan fingerprint density at radius 3 is 2.81 bits per heavy atom. The lowest BCUT2D eigenvalue weighted by molar-refractivity contribution is 0.0543. The van der Waals surface area contributed by atoms with E-state index in [1.165, 1.54) is 0 Å². The van der Waals surface area contributed by atoms with Crippen LogP contribution in [0.4, 0.5) is 0 Å². The fourth-order valence-electron chi connectivity index (χ4n) is 2.24. The van der Waals surface area contributed by atoms with Crippen LogP contribution in [0, 0.1) is 6.92 Å². The summed E-state index contributed by atoms with van der Waals surface area (Å²) >= 11 is 0. The molecule has 1 heterocycles. The van der Waals surface area contributed by atoms with Crippen molar-refractivity contribution in [3.63, 3.8) is 0 Å². The van der Waals surface area contributed by atoms with Gasteiger partial charge in [0.2, 0.25) is 0 Å². The minimum Gasteiger partial charge on any atom is -0.458 e. The molecular weight excluding hydrogens is 266 g/mol. The molecule has 0 atom stereocenters. The molecule has 0 radical (unpaired) electrons. The molecule has 4 heteroatoms. The highest BCUT2D eigenvalue weighted by molar-refractivity contribution is 5.98. The number of benzene rings is 1. The molecule has 0 amide bonds. The predicted octanol–water partition coefficient (Wildman–Crippen LogP) is 3.42. The number of hydrogen-bond acceptors (Lipinski definition) is 4. The zero-order valence-electron chi connectivity index (χ0n) is 12.6. The third kappa shape index (κ3) is 3.28. The van der Waals surface area contributed by atoms with Crippen molar-refractivity contribution in [2.45, 2.75) is 20.5 Å². The fraction of sp³-hybridized carbons (Fsp3) is 0.294. The summed E-state index contributed by atoms with van der Waals surface area (Å²) in [4.78, 5) is 16.9. The number of methoxy groups -OCH3 is 1. The number of carbonyl (C=O) groups excluding carboxylic acids is 1. The second-order valence-electron chi connectivity index (χ2n) is 4.68. The molecule has 1 aromatic heterocycles. The molecule has 0 bridgehead atoms. The van der Waals surface area contributed by atoms with Crippen molar-refractivity contribution in [2.75, 3.05) is 13.7 Å². The zero-order chi connectivity index (χ0) is 15.2. The second kappa shape index (κ2) is 6.99. The minimum atomic E-state index is -0.365. The van der Waals surface area contributed by atoms with E-state index in [9.17, 15) is 4.79 Å². The van der Waals surface area contributed by atoms with Gasteiger partial charge in [-0.15, -0.1) is 0 Å². The summed E-state index contributed by atoms with van der Waals surface area (Å²) in [5.41, 5.74) is 2.84. The van der Waals surface area contributed by atoms with Crippen LogP contribution in [-0.4, -0.2) is 24.7 Å².